The van der Waals surface area contributed by atoms with E-state index in [0.29, 0.717) is 6.61 Å². The first kappa shape index (κ1) is 14.4. The van der Waals surface area contributed by atoms with Crippen molar-refractivity contribution < 1.29 is 4.74 Å². The monoisotopic (exact) mass is 347 g/mol. The molecule has 0 atom stereocenters. The SMILES string of the molecule is C=CCCCCCOCc1c[nH]c(=O)cc1I. The molecule has 1 heterocycles. The molecule has 0 radical (unpaired) electrons. The van der Waals surface area contributed by atoms with E-state index in [4.69, 9.17) is 4.74 Å². The van der Waals surface area contributed by atoms with Crippen LogP contribution in [0.1, 0.15) is 31.2 Å². The van der Waals surface area contributed by atoms with Gasteiger partial charge in [0.25, 0.3) is 0 Å². The Hall–Kier alpha value is -0.620. The predicted molar refractivity (Wildman–Crippen MR) is 78.1 cm³/mol. The van der Waals surface area contributed by atoms with E-state index in [1.54, 1.807) is 12.3 Å². The predicted octanol–water partition coefficient (Wildman–Crippen LogP) is 3.24. The Bertz CT molecular complexity index is 401. The summed E-state index contributed by atoms with van der Waals surface area (Å²) < 4.78 is 6.52. The number of allylic oxidation sites excluding steroid dienone is 1. The molecule has 0 saturated carbocycles. The van der Waals surface area contributed by atoms with Gasteiger partial charge in [-0.05, 0) is 41.9 Å². The summed E-state index contributed by atoms with van der Waals surface area (Å²) in [6, 6.07) is 1.59. The highest BCUT2D eigenvalue weighted by Crippen LogP contribution is 2.09. The molecule has 0 aliphatic heterocycles. The number of hydrogen-bond donors (Lipinski definition) is 1. The van der Waals surface area contributed by atoms with Crippen molar-refractivity contribution >= 4 is 22.6 Å². The van der Waals surface area contributed by atoms with E-state index in [9.17, 15) is 4.79 Å². The Morgan fingerprint density at radius 2 is 2.24 bits per heavy atom. The Morgan fingerprint density at radius 3 is 2.94 bits per heavy atom. The third-order valence-corrected chi connectivity index (χ3v) is 3.41. The molecule has 0 spiro atoms. The topological polar surface area (TPSA) is 42.1 Å². The lowest BCUT2D eigenvalue weighted by Gasteiger charge is -2.05. The van der Waals surface area contributed by atoms with Crippen LogP contribution < -0.4 is 5.56 Å². The number of halogens is 1. The first-order chi connectivity index (χ1) is 8.24. The second kappa shape index (κ2) is 8.47. The molecule has 0 aliphatic rings. The van der Waals surface area contributed by atoms with E-state index in [2.05, 4.69) is 34.2 Å². The molecule has 1 N–H and O–H groups in total. The third kappa shape index (κ3) is 6.02. The number of nitrogens with one attached hydrogen (secondary N) is 1. The van der Waals surface area contributed by atoms with E-state index in [1.165, 1.54) is 12.8 Å². The molecule has 4 heteroatoms. The molecule has 0 aromatic carbocycles. The average molecular weight is 347 g/mol. The number of aromatic nitrogens is 1. The highest BCUT2D eigenvalue weighted by molar-refractivity contribution is 14.1. The highest BCUT2D eigenvalue weighted by atomic mass is 127. The molecule has 1 aromatic rings. The molecule has 17 heavy (non-hydrogen) atoms. The van der Waals surface area contributed by atoms with Crippen LogP contribution in [0.2, 0.25) is 0 Å². The fraction of sp³-hybridized carbons (Fsp3) is 0.462. The van der Waals surface area contributed by atoms with Gasteiger partial charge >= 0.3 is 0 Å². The van der Waals surface area contributed by atoms with Crippen LogP contribution in [0.5, 0.6) is 0 Å². The molecule has 0 bridgehead atoms. The lowest BCUT2D eigenvalue weighted by Crippen LogP contribution is -2.07. The van der Waals surface area contributed by atoms with Gasteiger partial charge in [0, 0.05) is 28.0 Å². The van der Waals surface area contributed by atoms with Crippen LogP contribution in [0, 0.1) is 3.57 Å². The van der Waals surface area contributed by atoms with Gasteiger partial charge in [0.05, 0.1) is 6.61 Å². The second-order valence-electron chi connectivity index (χ2n) is 3.86. The van der Waals surface area contributed by atoms with Crippen molar-refractivity contribution in [3.63, 3.8) is 0 Å². The summed E-state index contributed by atoms with van der Waals surface area (Å²) in [6.07, 6.45) is 8.19. The Kier molecular flexibility index (Phi) is 7.19. The molecule has 0 saturated heterocycles. The molecule has 94 valence electrons. The molecule has 0 fully saturated rings. The zero-order chi connectivity index (χ0) is 12.5. The molecule has 0 amide bonds. The zero-order valence-electron chi connectivity index (χ0n) is 9.88. The van der Waals surface area contributed by atoms with Crippen LogP contribution in [0.4, 0.5) is 0 Å². The Labute approximate surface area is 115 Å². The van der Waals surface area contributed by atoms with Gasteiger partial charge in [-0.3, -0.25) is 4.79 Å². The zero-order valence-corrected chi connectivity index (χ0v) is 12.0. The van der Waals surface area contributed by atoms with E-state index >= 15 is 0 Å². The number of pyridine rings is 1. The fourth-order valence-electron chi connectivity index (χ4n) is 1.44. The largest absolute Gasteiger partial charge is 0.377 e. The number of ether oxygens (including phenoxy) is 1. The van der Waals surface area contributed by atoms with Crippen molar-refractivity contribution in [2.45, 2.75) is 32.3 Å². The summed E-state index contributed by atoms with van der Waals surface area (Å²) in [5, 5.41) is 0. The summed E-state index contributed by atoms with van der Waals surface area (Å²) in [4.78, 5) is 13.7. The van der Waals surface area contributed by atoms with E-state index in [0.717, 1.165) is 28.6 Å². The van der Waals surface area contributed by atoms with Gasteiger partial charge in [-0.15, -0.1) is 6.58 Å². The van der Waals surface area contributed by atoms with Gasteiger partial charge in [0.2, 0.25) is 5.56 Å². The maximum Gasteiger partial charge on any atom is 0.248 e. The molecule has 1 rings (SSSR count). The maximum atomic E-state index is 11.0. The number of hydrogen-bond acceptors (Lipinski definition) is 2. The van der Waals surface area contributed by atoms with Gasteiger partial charge in [-0.2, -0.15) is 0 Å². The van der Waals surface area contributed by atoms with Crippen molar-refractivity contribution in [1.82, 2.24) is 4.98 Å². The number of H-pyrrole nitrogens is 1. The lowest BCUT2D eigenvalue weighted by atomic mass is 10.2. The van der Waals surface area contributed by atoms with Crippen molar-refractivity contribution in [2.75, 3.05) is 6.61 Å². The van der Waals surface area contributed by atoms with Gasteiger partial charge in [0.15, 0.2) is 0 Å². The van der Waals surface area contributed by atoms with Gasteiger partial charge < -0.3 is 9.72 Å². The van der Waals surface area contributed by atoms with Crippen LogP contribution >= 0.6 is 22.6 Å². The summed E-state index contributed by atoms with van der Waals surface area (Å²) in [6.45, 7) is 5.03. The van der Waals surface area contributed by atoms with Gasteiger partial charge in [0.1, 0.15) is 0 Å². The van der Waals surface area contributed by atoms with Crippen LogP contribution in [0.3, 0.4) is 0 Å². The van der Waals surface area contributed by atoms with Crippen LogP contribution in [-0.4, -0.2) is 11.6 Å². The van der Waals surface area contributed by atoms with Gasteiger partial charge in [-0.25, -0.2) is 0 Å². The average Bonchev–Trinajstić information content (AvgIpc) is 2.30. The number of aromatic amines is 1. The second-order valence-corrected chi connectivity index (χ2v) is 5.02. The number of rotatable bonds is 8. The molecule has 1 aromatic heterocycles. The highest BCUT2D eigenvalue weighted by Gasteiger charge is 2.00. The van der Waals surface area contributed by atoms with Crippen molar-refractivity contribution in [3.8, 4) is 0 Å². The molecule has 3 nitrogen and oxygen atoms in total. The standard InChI is InChI=1S/C13H18INO2/c1-2-3-4-5-6-7-17-10-11-9-15-13(16)8-12(11)14/h2,8-9H,1,3-7,10H2,(H,15,16). The van der Waals surface area contributed by atoms with Crippen molar-refractivity contribution in [2.24, 2.45) is 0 Å². The minimum Gasteiger partial charge on any atom is -0.377 e. The van der Waals surface area contributed by atoms with E-state index < -0.39 is 0 Å². The lowest BCUT2D eigenvalue weighted by molar-refractivity contribution is 0.116. The van der Waals surface area contributed by atoms with Crippen LogP contribution in [0.15, 0.2) is 29.7 Å². The first-order valence-electron chi connectivity index (χ1n) is 5.80. The summed E-state index contributed by atoms with van der Waals surface area (Å²) >= 11 is 2.15. The van der Waals surface area contributed by atoms with Crippen molar-refractivity contribution in [1.29, 1.82) is 0 Å². The number of unbranched alkanes of at least 4 members (excludes halogenated alkanes) is 3. The van der Waals surface area contributed by atoms with Crippen molar-refractivity contribution in [3.05, 3.63) is 44.4 Å². The molecular weight excluding hydrogens is 329 g/mol. The minimum atomic E-state index is -0.0671. The van der Waals surface area contributed by atoms with Gasteiger partial charge in [-0.1, -0.05) is 12.5 Å². The molecule has 0 unspecified atom stereocenters. The summed E-state index contributed by atoms with van der Waals surface area (Å²) in [5.41, 5.74) is 0.971. The quantitative estimate of drug-likeness (QED) is 0.446. The van der Waals surface area contributed by atoms with E-state index in [1.807, 2.05) is 6.08 Å². The Balaban J connectivity index is 2.18. The molecule has 0 aliphatic carbocycles. The first-order valence-corrected chi connectivity index (χ1v) is 6.87. The van der Waals surface area contributed by atoms with Crippen LogP contribution in [0.25, 0.3) is 0 Å². The van der Waals surface area contributed by atoms with Crippen LogP contribution in [-0.2, 0) is 11.3 Å². The minimum absolute atomic E-state index is 0.0671. The van der Waals surface area contributed by atoms with E-state index in [-0.39, 0.29) is 5.56 Å². The fourth-order valence-corrected chi connectivity index (χ4v) is 2.03. The summed E-state index contributed by atoms with van der Waals surface area (Å²) in [7, 11) is 0. The normalized spacial score (nSPS) is 10.4. The summed E-state index contributed by atoms with van der Waals surface area (Å²) in [5.74, 6) is 0. The third-order valence-electron chi connectivity index (χ3n) is 2.41. The smallest absolute Gasteiger partial charge is 0.248 e. The Morgan fingerprint density at radius 1 is 1.41 bits per heavy atom. The molecular formula is C13H18INO2. The maximum absolute atomic E-state index is 11.0.